The maximum Gasteiger partial charge on any atom is 0.416 e. The number of hydrogen-bond acceptors (Lipinski definition) is 3. The summed E-state index contributed by atoms with van der Waals surface area (Å²) in [6.45, 7) is 5.33. The fraction of sp³-hybridized carbons (Fsp3) is 0.273. The molecular formula is C22H17F7N2O2. The third kappa shape index (κ3) is 5.52. The highest BCUT2D eigenvalue weighted by atomic mass is 19.4. The summed E-state index contributed by atoms with van der Waals surface area (Å²) in [4.78, 5) is 12.6. The molecule has 0 saturated heterocycles. The second-order valence-electron chi connectivity index (χ2n) is 8.19. The van der Waals surface area contributed by atoms with Gasteiger partial charge in [0.15, 0.2) is 0 Å². The molecule has 3 aromatic rings. The van der Waals surface area contributed by atoms with Crippen LogP contribution in [0.25, 0.3) is 5.69 Å². The number of esters is 1. The van der Waals surface area contributed by atoms with Gasteiger partial charge in [-0.05, 0) is 36.4 Å². The van der Waals surface area contributed by atoms with Gasteiger partial charge in [0.25, 0.3) is 0 Å². The molecule has 3 rings (SSSR count). The van der Waals surface area contributed by atoms with E-state index in [0.29, 0.717) is 5.69 Å². The molecule has 4 nitrogen and oxygen atoms in total. The van der Waals surface area contributed by atoms with E-state index < -0.39 is 46.2 Å². The Morgan fingerprint density at radius 1 is 0.879 bits per heavy atom. The topological polar surface area (TPSA) is 44.1 Å². The highest BCUT2D eigenvalue weighted by Crippen LogP contribution is 2.37. The van der Waals surface area contributed by atoms with Gasteiger partial charge in [-0.2, -0.15) is 31.4 Å². The van der Waals surface area contributed by atoms with Gasteiger partial charge in [-0.25, -0.2) is 13.9 Å². The molecule has 0 saturated carbocycles. The van der Waals surface area contributed by atoms with E-state index in [9.17, 15) is 35.5 Å². The first-order valence-corrected chi connectivity index (χ1v) is 9.44. The smallest absolute Gasteiger partial charge is 0.404 e. The molecule has 0 bridgehead atoms. The second-order valence-corrected chi connectivity index (χ2v) is 8.19. The molecule has 0 aliphatic heterocycles. The molecular weight excluding hydrogens is 457 g/mol. The average molecular weight is 474 g/mol. The number of ether oxygens (including phenoxy) is 1. The Labute approximate surface area is 183 Å². The number of alkyl halides is 6. The van der Waals surface area contributed by atoms with Crippen molar-refractivity contribution in [2.24, 2.45) is 0 Å². The molecule has 11 heteroatoms. The minimum Gasteiger partial charge on any atom is -0.404 e. The summed E-state index contributed by atoms with van der Waals surface area (Å²) in [5, 5.41) is 4.27. The van der Waals surface area contributed by atoms with Gasteiger partial charge in [0, 0.05) is 11.5 Å². The Bertz CT molecular complexity index is 1160. The molecule has 1 aromatic heterocycles. The first-order chi connectivity index (χ1) is 15.1. The van der Waals surface area contributed by atoms with E-state index >= 15 is 0 Å². The third-order valence-corrected chi connectivity index (χ3v) is 4.52. The van der Waals surface area contributed by atoms with Crippen LogP contribution in [0.15, 0.2) is 48.5 Å². The predicted octanol–water partition coefficient (Wildman–Crippen LogP) is 6.57. The SMILES string of the molecule is CC(C)(C)c1cc(OC(=O)c2cc(C(F)(F)F)cc(C(F)(F)F)c2)n(-c2cccc(F)c2)n1. The highest BCUT2D eigenvalue weighted by Gasteiger charge is 2.38. The standard InChI is InChI=1S/C22H17F7N2O2/c1-20(2,3)17-11-18(31(30-17)16-6-4-5-15(23)10-16)33-19(32)12-7-13(21(24,25)26)9-14(8-12)22(27,28)29/h4-11H,1-3H3. The van der Waals surface area contributed by atoms with Crippen molar-refractivity contribution in [1.29, 1.82) is 0 Å². The minimum absolute atomic E-state index is 0.0918. The lowest BCUT2D eigenvalue weighted by atomic mass is 9.93. The van der Waals surface area contributed by atoms with Crippen molar-refractivity contribution in [3.63, 3.8) is 0 Å². The van der Waals surface area contributed by atoms with Crippen molar-refractivity contribution in [2.45, 2.75) is 38.5 Å². The van der Waals surface area contributed by atoms with Crippen molar-refractivity contribution in [2.75, 3.05) is 0 Å². The molecule has 0 amide bonds. The zero-order valence-electron chi connectivity index (χ0n) is 17.5. The maximum atomic E-state index is 13.7. The van der Waals surface area contributed by atoms with Crippen molar-refractivity contribution < 1.29 is 40.3 Å². The summed E-state index contributed by atoms with van der Waals surface area (Å²) in [5.41, 5.74) is -4.32. The molecule has 0 N–H and O–H groups in total. The van der Waals surface area contributed by atoms with Crippen LogP contribution < -0.4 is 4.74 Å². The molecule has 0 radical (unpaired) electrons. The quantitative estimate of drug-likeness (QED) is 0.319. The Balaban J connectivity index is 2.08. The summed E-state index contributed by atoms with van der Waals surface area (Å²) in [7, 11) is 0. The molecule has 1 heterocycles. The molecule has 0 aliphatic rings. The molecule has 0 spiro atoms. The zero-order chi connectivity index (χ0) is 24.8. The highest BCUT2D eigenvalue weighted by molar-refractivity contribution is 5.91. The minimum atomic E-state index is -5.13. The molecule has 0 atom stereocenters. The van der Waals surface area contributed by atoms with Crippen LogP contribution in [-0.4, -0.2) is 15.7 Å². The van der Waals surface area contributed by atoms with Gasteiger partial charge in [0.2, 0.25) is 5.88 Å². The van der Waals surface area contributed by atoms with Crippen LogP contribution in [0.1, 0.15) is 48.0 Å². The number of carbonyl (C=O) groups is 1. The number of carbonyl (C=O) groups excluding carboxylic acids is 1. The van der Waals surface area contributed by atoms with E-state index in [1.54, 1.807) is 20.8 Å². The molecule has 0 fully saturated rings. The van der Waals surface area contributed by atoms with E-state index in [1.807, 2.05) is 0 Å². The lowest BCUT2D eigenvalue weighted by Crippen LogP contribution is -2.17. The van der Waals surface area contributed by atoms with Crippen LogP contribution in [-0.2, 0) is 17.8 Å². The van der Waals surface area contributed by atoms with E-state index in [2.05, 4.69) is 5.10 Å². The van der Waals surface area contributed by atoms with Gasteiger partial charge in [0.1, 0.15) is 5.82 Å². The van der Waals surface area contributed by atoms with E-state index in [4.69, 9.17) is 4.74 Å². The number of benzene rings is 2. The lowest BCUT2D eigenvalue weighted by Gasteiger charge is -2.14. The van der Waals surface area contributed by atoms with Crippen LogP contribution in [0.3, 0.4) is 0 Å². The summed E-state index contributed by atoms with van der Waals surface area (Å²) >= 11 is 0. The Kier molecular flexibility index (Phi) is 6.03. The lowest BCUT2D eigenvalue weighted by molar-refractivity contribution is -0.143. The second kappa shape index (κ2) is 8.20. The van der Waals surface area contributed by atoms with Crippen LogP contribution in [0.5, 0.6) is 5.88 Å². The van der Waals surface area contributed by atoms with Crippen LogP contribution in [0.2, 0.25) is 0 Å². The summed E-state index contributed by atoms with van der Waals surface area (Å²) in [6, 6.07) is 6.78. The summed E-state index contributed by atoms with van der Waals surface area (Å²) < 4.78 is 98.6. The monoisotopic (exact) mass is 474 g/mol. The van der Waals surface area contributed by atoms with Gasteiger partial charge in [0.05, 0.1) is 28.1 Å². The van der Waals surface area contributed by atoms with Crippen LogP contribution in [0, 0.1) is 5.82 Å². The van der Waals surface area contributed by atoms with Crippen LogP contribution >= 0.6 is 0 Å². The first kappa shape index (κ1) is 24.3. The Morgan fingerprint density at radius 3 is 1.94 bits per heavy atom. The molecule has 33 heavy (non-hydrogen) atoms. The van der Waals surface area contributed by atoms with Gasteiger partial charge in [-0.3, -0.25) is 0 Å². The Hall–Kier alpha value is -3.37. The van der Waals surface area contributed by atoms with Gasteiger partial charge in [-0.1, -0.05) is 26.8 Å². The fourth-order valence-corrected chi connectivity index (χ4v) is 2.82. The summed E-state index contributed by atoms with van der Waals surface area (Å²) in [5.74, 6) is -2.41. The van der Waals surface area contributed by atoms with Gasteiger partial charge >= 0.3 is 18.3 Å². The van der Waals surface area contributed by atoms with Crippen molar-refractivity contribution in [3.05, 3.63) is 76.7 Å². The van der Waals surface area contributed by atoms with Crippen molar-refractivity contribution in [3.8, 4) is 11.6 Å². The Morgan fingerprint density at radius 2 is 1.45 bits per heavy atom. The van der Waals surface area contributed by atoms with E-state index in [0.717, 1.165) is 16.8 Å². The number of hydrogen-bond donors (Lipinski definition) is 0. The van der Waals surface area contributed by atoms with E-state index in [1.165, 1.54) is 18.2 Å². The third-order valence-electron chi connectivity index (χ3n) is 4.52. The van der Waals surface area contributed by atoms with Gasteiger partial charge in [-0.15, -0.1) is 0 Å². The maximum absolute atomic E-state index is 13.7. The van der Waals surface area contributed by atoms with Gasteiger partial charge < -0.3 is 4.74 Å². The number of aromatic nitrogens is 2. The molecule has 176 valence electrons. The number of halogens is 7. The normalized spacial score (nSPS) is 12.7. The van der Waals surface area contributed by atoms with Crippen molar-refractivity contribution in [1.82, 2.24) is 9.78 Å². The molecule has 0 unspecified atom stereocenters. The predicted molar refractivity (Wildman–Crippen MR) is 104 cm³/mol. The fourth-order valence-electron chi connectivity index (χ4n) is 2.82. The summed E-state index contributed by atoms with van der Waals surface area (Å²) in [6.07, 6.45) is -10.3. The average Bonchev–Trinajstić information content (AvgIpc) is 3.10. The van der Waals surface area contributed by atoms with Crippen molar-refractivity contribution >= 4 is 5.97 Å². The zero-order valence-corrected chi connectivity index (χ0v) is 17.5. The molecule has 0 aliphatic carbocycles. The van der Waals surface area contributed by atoms with Crippen LogP contribution in [0.4, 0.5) is 30.7 Å². The molecule has 2 aromatic carbocycles. The van der Waals surface area contributed by atoms with E-state index in [-0.39, 0.29) is 29.8 Å². The largest absolute Gasteiger partial charge is 0.416 e. The first-order valence-electron chi connectivity index (χ1n) is 9.44. The number of rotatable bonds is 3. The number of nitrogens with zero attached hydrogens (tertiary/aromatic N) is 2.